The third-order valence-corrected chi connectivity index (χ3v) is 3.07. The molecule has 0 saturated heterocycles. The van der Waals surface area contributed by atoms with Crippen LogP contribution in [0.5, 0.6) is 0 Å². The van der Waals surface area contributed by atoms with E-state index < -0.39 is 0 Å². The second-order valence-electron chi connectivity index (χ2n) is 4.59. The summed E-state index contributed by atoms with van der Waals surface area (Å²) in [6.07, 6.45) is 5.06. The van der Waals surface area contributed by atoms with Crippen LogP contribution in [-0.2, 0) is 0 Å². The molecule has 1 aliphatic carbocycles. The Hall–Kier alpha value is -0.770. The van der Waals surface area contributed by atoms with Gasteiger partial charge in [0, 0.05) is 12.6 Å². The van der Waals surface area contributed by atoms with E-state index in [0.29, 0.717) is 12.6 Å². The van der Waals surface area contributed by atoms with Gasteiger partial charge in [0.2, 0.25) is 0 Å². The Kier molecular flexibility index (Phi) is 6.23. The largest absolute Gasteiger partial charge is 0.394 e. The predicted molar refractivity (Wildman–Crippen MR) is 67.6 cm³/mol. The molecule has 16 heavy (non-hydrogen) atoms. The lowest BCUT2D eigenvalue weighted by Gasteiger charge is -2.28. The number of hydrogen-bond acceptors (Lipinski definition) is 2. The topological polar surface area (TPSA) is 56.7 Å². The van der Waals surface area contributed by atoms with Crippen molar-refractivity contribution >= 4 is 5.96 Å². The van der Waals surface area contributed by atoms with Gasteiger partial charge in [-0.05, 0) is 38.5 Å². The number of rotatable bonds is 4. The first kappa shape index (κ1) is 13.3. The third kappa shape index (κ3) is 4.84. The molecular weight excluding hydrogens is 202 g/mol. The molecule has 0 aromatic carbocycles. The molecule has 0 atom stereocenters. The van der Waals surface area contributed by atoms with Gasteiger partial charge in [0.05, 0.1) is 13.2 Å². The van der Waals surface area contributed by atoms with Crippen LogP contribution in [0.3, 0.4) is 0 Å². The van der Waals surface area contributed by atoms with Gasteiger partial charge in [0.25, 0.3) is 0 Å². The van der Waals surface area contributed by atoms with Crippen molar-refractivity contribution in [2.24, 2.45) is 10.9 Å². The zero-order valence-electron chi connectivity index (χ0n) is 10.5. The molecule has 1 fully saturated rings. The van der Waals surface area contributed by atoms with Gasteiger partial charge in [0.15, 0.2) is 5.96 Å². The Morgan fingerprint density at radius 2 is 2.00 bits per heavy atom. The van der Waals surface area contributed by atoms with E-state index in [-0.39, 0.29) is 6.61 Å². The van der Waals surface area contributed by atoms with E-state index in [0.717, 1.165) is 18.4 Å². The number of nitrogens with one attached hydrogen (secondary N) is 2. The first-order valence-electron chi connectivity index (χ1n) is 6.42. The van der Waals surface area contributed by atoms with E-state index in [4.69, 9.17) is 5.11 Å². The zero-order chi connectivity index (χ0) is 11.8. The Balaban J connectivity index is 2.35. The summed E-state index contributed by atoms with van der Waals surface area (Å²) in [5.41, 5.74) is 0. The number of hydrogen-bond donors (Lipinski definition) is 3. The summed E-state index contributed by atoms with van der Waals surface area (Å²) in [4.78, 5) is 4.29. The van der Waals surface area contributed by atoms with Crippen LogP contribution in [0.15, 0.2) is 4.99 Å². The summed E-state index contributed by atoms with van der Waals surface area (Å²) in [6, 6.07) is 0.549. The highest BCUT2D eigenvalue weighted by molar-refractivity contribution is 5.80. The molecule has 1 rings (SSSR count). The maximum atomic E-state index is 8.76. The molecule has 1 aliphatic rings. The van der Waals surface area contributed by atoms with Gasteiger partial charge in [-0.1, -0.05) is 6.92 Å². The Morgan fingerprint density at radius 3 is 2.56 bits per heavy atom. The molecule has 0 heterocycles. The normalized spacial score (nSPS) is 26.6. The van der Waals surface area contributed by atoms with Crippen LogP contribution in [0.1, 0.15) is 39.5 Å². The molecular formula is C12H25N3O. The Labute approximate surface area is 98.5 Å². The highest BCUT2D eigenvalue weighted by Crippen LogP contribution is 2.23. The van der Waals surface area contributed by atoms with Gasteiger partial charge in [-0.2, -0.15) is 0 Å². The van der Waals surface area contributed by atoms with Gasteiger partial charge < -0.3 is 15.7 Å². The Morgan fingerprint density at radius 1 is 1.31 bits per heavy atom. The van der Waals surface area contributed by atoms with Crippen LogP contribution >= 0.6 is 0 Å². The zero-order valence-corrected chi connectivity index (χ0v) is 10.5. The smallest absolute Gasteiger partial charge is 0.191 e. The number of guanidine groups is 1. The van der Waals surface area contributed by atoms with Crippen LogP contribution in [0.4, 0.5) is 0 Å². The number of nitrogens with zero attached hydrogens (tertiary/aromatic N) is 1. The van der Waals surface area contributed by atoms with Crippen molar-refractivity contribution in [1.29, 1.82) is 0 Å². The molecule has 0 aliphatic heterocycles. The summed E-state index contributed by atoms with van der Waals surface area (Å²) in [5.74, 6) is 1.71. The lowest BCUT2D eigenvalue weighted by molar-refractivity contribution is 0.305. The van der Waals surface area contributed by atoms with Crippen LogP contribution < -0.4 is 10.6 Å². The number of aliphatic hydroxyl groups is 1. The van der Waals surface area contributed by atoms with Crippen molar-refractivity contribution in [3.8, 4) is 0 Å². The predicted octanol–water partition coefficient (Wildman–Crippen LogP) is 1.11. The Bertz CT molecular complexity index is 210. The average molecular weight is 227 g/mol. The van der Waals surface area contributed by atoms with Crippen molar-refractivity contribution in [2.75, 3.05) is 19.7 Å². The van der Waals surface area contributed by atoms with Crippen LogP contribution in [-0.4, -0.2) is 36.8 Å². The molecule has 0 spiro atoms. The van der Waals surface area contributed by atoms with E-state index in [9.17, 15) is 0 Å². The SMILES string of the molecule is CCNC(=NCCO)NC1CCC(C)CC1. The van der Waals surface area contributed by atoms with Crippen molar-refractivity contribution in [3.05, 3.63) is 0 Å². The van der Waals surface area contributed by atoms with E-state index in [1.165, 1.54) is 25.7 Å². The number of aliphatic imine (C=N–C) groups is 1. The summed E-state index contributed by atoms with van der Waals surface area (Å²) in [6.45, 7) is 5.82. The summed E-state index contributed by atoms with van der Waals surface area (Å²) in [5, 5.41) is 15.4. The van der Waals surface area contributed by atoms with Crippen LogP contribution in [0.25, 0.3) is 0 Å². The van der Waals surface area contributed by atoms with Gasteiger partial charge >= 0.3 is 0 Å². The number of aliphatic hydroxyl groups excluding tert-OH is 1. The minimum absolute atomic E-state index is 0.109. The molecule has 94 valence electrons. The van der Waals surface area contributed by atoms with E-state index >= 15 is 0 Å². The minimum atomic E-state index is 0.109. The molecule has 0 aromatic rings. The van der Waals surface area contributed by atoms with Crippen molar-refractivity contribution in [2.45, 2.75) is 45.6 Å². The minimum Gasteiger partial charge on any atom is -0.394 e. The van der Waals surface area contributed by atoms with Gasteiger partial charge in [-0.3, -0.25) is 4.99 Å². The summed E-state index contributed by atoms with van der Waals surface area (Å²) >= 11 is 0. The molecule has 0 radical (unpaired) electrons. The first-order chi connectivity index (χ1) is 7.76. The van der Waals surface area contributed by atoms with Gasteiger partial charge in [0.1, 0.15) is 0 Å². The molecule has 0 aromatic heterocycles. The molecule has 0 unspecified atom stereocenters. The second kappa shape index (κ2) is 7.49. The highest BCUT2D eigenvalue weighted by Gasteiger charge is 2.18. The summed E-state index contributed by atoms with van der Waals surface area (Å²) in [7, 11) is 0. The molecule has 4 heteroatoms. The van der Waals surface area contributed by atoms with Crippen molar-refractivity contribution in [1.82, 2.24) is 10.6 Å². The lowest BCUT2D eigenvalue weighted by atomic mass is 9.87. The average Bonchev–Trinajstić information content (AvgIpc) is 2.29. The fourth-order valence-electron chi connectivity index (χ4n) is 2.08. The van der Waals surface area contributed by atoms with Crippen LogP contribution in [0.2, 0.25) is 0 Å². The van der Waals surface area contributed by atoms with E-state index in [1.807, 2.05) is 0 Å². The molecule has 3 N–H and O–H groups in total. The van der Waals surface area contributed by atoms with E-state index in [1.54, 1.807) is 0 Å². The third-order valence-electron chi connectivity index (χ3n) is 3.07. The highest BCUT2D eigenvalue weighted by atomic mass is 16.3. The monoisotopic (exact) mass is 227 g/mol. The van der Waals surface area contributed by atoms with Gasteiger partial charge in [-0.15, -0.1) is 0 Å². The molecule has 0 bridgehead atoms. The van der Waals surface area contributed by atoms with Gasteiger partial charge in [-0.25, -0.2) is 0 Å². The molecule has 4 nitrogen and oxygen atoms in total. The fraction of sp³-hybridized carbons (Fsp3) is 0.917. The van der Waals surface area contributed by atoms with Crippen molar-refractivity contribution < 1.29 is 5.11 Å². The lowest BCUT2D eigenvalue weighted by Crippen LogP contribution is -2.44. The second-order valence-corrected chi connectivity index (χ2v) is 4.59. The summed E-state index contributed by atoms with van der Waals surface area (Å²) < 4.78 is 0. The maximum absolute atomic E-state index is 8.76. The van der Waals surface area contributed by atoms with E-state index in [2.05, 4.69) is 29.5 Å². The standard InChI is InChI=1S/C12H25N3O/c1-3-13-12(14-8-9-16)15-11-6-4-10(2)5-7-11/h10-11,16H,3-9H2,1-2H3,(H2,13,14,15). The maximum Gasteiger partial charge on any atom is 0.191 e. The molecule has 1 saturated carbocycles. The van der Waals surface area contributed by atoms with Crippen molar-refractivity contribution in [3.63, 3.8) is 0 Å². The first-order valence-corrected chi connectivity index (χ1v) is 6.42. The fourth-order valence-corrected chi connectivity index (χ4v) is 2.08. The van der Waals surface area contributed by atoms with Crippen LogP contribution in [0, 0.1) is 5.92 Å². The molecule has 0 amide bonds. The quantitative estimate of drug-likeness (QED) is 0.498.